The summed E-state index contributed by atoms with van der Waals surface area (Å²) in [7, 11) is 0. The number of rotatable bonds is 7. The van der Waals surface area contributed by atoms with E-state index in [9.17, 15) is 9.59 Å². The number of nitrogens with two attached hydrogens (primary N) is 1. The van der Waals surface area contributed by atoms with Crippen LogP contribution in [0.5, 0.6) is 5.75 Å². The van der Waals surface area contributed by atoms with Gasteiger partial charge in [-0.1, -0.05) is 22.0 Å². The lowest BCUT2D eigenvalue weighted by molar-refractivity contribution is -0.129. The number of nitrogens with zero attached hydrogens (tertiary/aromatic N) is 1. The van der Waals surface area contributed by atoms with Gasteiger partial charge in [0.2, 0.25) is 0 Å². The molecule has 0 aliphatic carbocycles. The Morgan fingerprint density at radius 1 is 1.18 bits per heavy atom. The van der Waals surface area contributed by atoms with Crippen LogP contribution in [0.1, 0.15) is 29.5 Å². The third-order valence-electron chi connectivity index (χ3n) is 6.59. The van der Waals surface area contributed by atoms with E-state index in [-0.39, 0.29) is 0 Å². The summed E-state index contributed by atoms with van der Waals surface area (Å²) in [6.45, 7) is 6.52. The maximum atomic E-state index is 13.4. The van der Waals surface area contributed by atoms with E-state index in [4.69, 9.17) is 10.5 Å². The molecule has 0 saturated carbocycles. The molecule has 0 spiro atoms. The zero-order valence-electron chi connectivity index (χ0n) is 19.4. The quantitative estimate of drug-likeness (QED) is 0.441. The largest absolute Gasteiger partial charge is 0.493 e. The Balaban J connectivity index is 1.51. The SMILES string of the molecule is Cc1cc(OCC2CCNCC2)ccc1NC(=O)C1N=CNC1(C(N)=O)c1cc(Br)ccc1C. The van der Waals surface area contributed by atoms with Crippen LogP contribution in [0.15, 0.2) is 45.9 Å². The summed E-state index contributed by atoms with van der Waals surface area (Å²) in [6.07, 6.45) is 3.60. The van der Waals surface area contributed by atoms with Gasteiger partial charge in [0.1, 0.15) is 5.75 Å². The molecule has 9 heteroatoms. The van der Waals surface area contributed by atoms with Gasteiger partial charge in [-0.15, -0.1) is 0 Å². The smallest absolute Gasteiger partial charge is 0.252 e. The van der Waals surface area contributed by atoms with Crippen LogP contribution < -0.4 is 26.4 Å². The molecule has 2 heterocycles. The molecule has 1 fully saturated rings. The molecule has 2 amide bonds. The highest BCUT2D eigenvalue weighted by atomic mass is 79.9. The van der Waals surface area contributed by atoms with E-state index in [1.54, 1.807) is 6.07 Å². The molecule has 2 aliphatic rings. The molecular formula is C25H30BrN5O3. The molecule has 5 N–H and O–H groups in total. The van der Waals surface area contributed by atoms with Crippen molar-refractivity contribution in [3.8, 4) is 5.75 Å². The molecule has 8 nitrogen and oxygen atoms in total. The number of carbonyl (C=O) groups is 2. The number of nitrogens with one attached hydrogen (secondary N) is 3. The number of hydrogen-bond donors (Lipinski definition) is 4. The van der Waals surface area contributed by atoms with Crippen LogP contribution >= 0.6 is 15.9 Å². The second-order valence-electron chi connectivity index (χ2n) is 8.93. The highest BCUT2D eigenvalue weighted by Gasteiger charge is 2.53. The van der Waals surface area contributed by atoms with Gasteiger partial charge in [-0.25, -0.2) is 0 Å². The van der Waals surface area contributed by atoms with Crippen LogP contribution in [0.3, 0.4) is 0 Å². The molecule has 2 atom stereocenters. The minimum absolute atomic E-state index is 0.425. The highest BCUT2D eigenvalue weighted by molar-refractivity contribution is 9.10. The van der Waals surface area contributed by atoms with Crippen LogP contribution in [0.25, 0.3) is 0 Å². The number of carbonyl (C=O) groups excluding carboxylic acids is 2. The van der Waals surface area contributed by atoms with Crippen molar-refractivity contribution >= 4 is 39.8 Å². The molecule has 2 aromatic rings. The summed E-state index contributed by atoms with van der Waals surface area (Å²) in [5.41, 5.74) is 7.28. The van der Waals surface area contributed by atoms with Crippen molar-refractivity contribution in [3.05, 3.63) is 57.6 Å². The lowest BCUT2D eigenvalue weighted by atomic mass is 9.80. The lowest BCUT2D eigenvalue weighted by Crippen LogP contribution is -2.59. The second kappa shape index (κ2) is 10.1. The molecule has 4 rings (SSSR count). The Morgan fingerprint density at radius 2 is 1.94 bits per heavy atom. The van der Waals surface area contributed by atoms with E-state index in [0.29, 0.717) is 23.8 Å². The maximum absolute atomic E-state index is 13.4. The van der Waals surface area contributed by atoms with Crippen molar-refractivity contribution in [2.45, 2.75) is 38.3 Å². The Morgan fingerprint density at radius 3 is 2.65 bits per heavy atom. The van der Waals surface area contributed by atoms with Gasteiger partial charge in [-0.05, 0) is 92.7 Å². The summed E-state index contributed by atoms with van der Waals surface area (Å²) in [5.74, 6) is 0.221. The van der Waals surface area contributed by atoms with Crippen LogP contribution in [-0.4, -0.2) is 43.9 Å². The number of piperidine rings is 1. The number of hydrogen-bond acceptors (Lipinski definition) is 6. The summed E-state index contributed by atoms with van der Waals surface area (Å²) >= 11 is 3.45. The van der Waals surface area contributed by atoms with Gasteiger partial charge >= 0.3 is 0 Å². The highest BCUT2D eigenvalue weighted by Crippen LogP contribution is 2.35. The summed E-state index contributed by atoms with van der Waals surface area (Å²) in [4.78, 5) is 30.4. The predicted octanol–water partition coefficient (Wildman–Crippen LogP) is 2.76. The van der Waals surface area contributed by atoms with Crippen molar-refractivity contribution in [2.24, 2.45) is 16.6 Å². The molecule has 0 bridgehead atoms. The van der Waals surface area contributed by atoms with Gasteiger partial charge in [0.15, 0.2) is 11.6 Å². The van der Waals surface area contributed by atoms with Gasteiger partial charge in [-0.3, -0.25) is 14.6 Å². The van der Waals surface area contributed by atoms with E-state index in [1.165, 1.54) is 6.34 Å². The molecular weight excluding hydrogens is 498 g/mol. The number of ether oxygens (including phenoxy) is 1. The first-order valence-electron chi connectivity index (χ1n) is 11.4. The van der Waals surface area contributed by atoms with Crippen molar-refractivity contribution in [1.82, 2.24) is 10.6 Å². The number of primary amides is 1. The van der Waals surface area contributed by atoms with Gasteiger partial charge in [-0.2, -0.15) is 0 Å². The third-order valence-corrected chi connectivity index (χ3v) is 7.08. The number of aliphatic imine (C=N–C) groups is 1. The predicted molar refractivity (Wildman–Crippen MR) is 136 cm³/mol. The topological polar surface area (TPSA) is 118 Å². The van der Waals surface area contributed by atoms with Gasteiger partial charge < -0.3 is 26.4 Å². The zero-order chi connectivity index (χ0) is 24.3. The minimum Gasteiger partial charge on any atom is -0.493 e. The number of amides is 2. The molecule has 0 radical (unpaired) electrons. The maximum Gasteiger partial charge on any atom is 0.252 e. The first kappa shape index (κ1) is 24.2. The fourth-order valence-electron chi connectivity index (χ4n) is 4.58. The summed E-state index contributed by atoms with van der Waals surface area (Å²) in [5, 5.41) is 9.25. The Hall–Kier alpha value is -2.91. The number of benzene rings is 2. The zero-order valence-corrected chi connectivity index (χ0v) is 20.9. The summed E-state index contributed by atoms with van der Waals surface area (Å²) in [6, 6.07) is 10.0. The molecule has 34 heavy (non-hydrogen) atoms. The van der Waals surface area contributed by atoms with Crippen LogP contribution in [-0.2, 0) is 15.1 Å². The normalized spacial score (nSPS) is 22.3. The molecule has 180 valence electrons. The van der Waals surface area contributed by atoms with Gasteiger partial charge in [0.05, 0.1) is 12.9 Å². The minimum atomic E-state index is -1.48. The van der Waals surface area contributed by atoms with E-state index in [2.05, 4.69) is 36.9 Å². The van der Waals surface area contributed by atoms with E-state index >= 15 is 0 Å². The van der Waals surface area contributed by atoms with Crippen molar-refractivity contribution < 1.29 is 14.3 Å². The number of halogens is 1. The van der Waals surface area contributed by atoms with E-state index < -0.39 is 23.4 Å². The van der Waals surface area contributed by atoms with Gasteiger partial charge in [0, 0.05) is 10.2 Å². The lowest BCUT2D eigenvalue weighted by Gasteiger charge is -2.32. The Bertz CT molecular complexity index is 1120. The number of anilines is 1. The standard InChI is InChI=1S/C25H30BrN5O3/c1-15-3-4-18(26)12-20(15)25(24(27)33)22(29-14-30-25)23(32)31-21-6-5-19(11-16(21)2)34-13-17-7-9-28-10-8-17/h3-6,11-12,14,17,22,28H,7-10,13H2,1-2H3,(H2,27,33)(H,29,30)(H,31,32). The first-order valence-corrected chi connectivity index (χ1v) is 12.2. The summed E-state index contributed by atoms with van der Waals surface area (Å²) < 4.78 is 6.77. The number of aryl methyl sites for hydroxylation is 2. The average molecular weight is 528 g/mol. The van der Waals surface area contributed by atoms with Crippen LogP contribution in [0, 0.1) is 19.8 Å². The molecule has 2 aliphatic heterocycles. The monoisotopic (exact) mass is 527 g/mol. The molecule has 2 unspecified atom stereocenters. The van der Waals surface area contributed by atoms with E-state index in [0.717, 1.165) is 47.3 Å². The van der Waals surface area contributed by atoms with Crippen molar-refractivity contribution in [2.75, 3.05) is 25.0 Å². The Kier molecular flexibility index (Phi) is 7.23. The fourth-order valence-corrected chi connectivity index (χ4v) is 4.94. The van der Waals surface area contributed by atoms with E-state index in [1.807, 2.05) is 44.2 Å². The van der Waals surface area contributed by atoms with Crippen molar-refractivity contribution in [3.63, 3.8) is 0 Å². The first-order chi connectivity index (χ1) is 16.3. The average Bonchev–Trinajstić information content (AvgIpc) is 3.28. The molecule has 2 aromatic carbocycles. The van der Waals surface area contributed by atoms with Gasteiger partial charge in [0.25, 0.3) is 11.8 Å². The van der Waals surface area contributed by atoms with Crippen LogP contribution in [0.2, 0.25) is 0 Å². The van der Waals surface area contributed by atoms with Crippen LogP contribution in [0.4, 0.5) is 5.69 Å². The van der Waals surface area contributed by atoms with Crippen molar-refractivity contribution in [1.29, 1.82) is 0 Å². The molecule has 0 aromatic heterocycles. The fraction of sp³-hybridized carbons (Fsp3) is 0.400. The second-order valence-corrected chi connectivity index (χ2v) is 9.84. The Labute approximate surface area is 207 Å². The third kappa shape index (κ3) is 4.81. The molecule has 1 saturated heterocycles.